The highest BCUT2D eigenvalue weighted by Gasteiger charge is 2.07. The van der Waals surface area contributed by atoms with Gasteiger partial charge in [-0.3, -0.25) is 0 Å². The number of rotatable bonds is 3. The van der Waals surface area contributed by atoms with E-state index < -0.39 is 6.23 Å². The average Bonchev–Trinajstić information content (AvgIpc) is 2.07. The Kier molecular flexibility index (Phi) is 3.11. The second-order valence-corrected chi connectivity index (χ2v) is 2.75. The zero-order valence-corrected chi connectivity index (χ0v) is 7.57. The highest BCUT2D eigenvalue weighted by atomic mass is 16.3. The average molecular weight is 165 g/mol. The fourth-order valence-corrected chi connectivity index (χ4v) is 1.28. The molecule has 0 radical (unpaired) electrons. The lowest BCUT2D eigenvalue weighted by Crippen LogP contribution is -2.32. The molecule has 0 aromatic heterocycles. The van der Waals surface area contributed by atoms with Crippen molar-refractivity contribution in [1.82, 2.24) is 0 Å². The minimum atomic E-state index is -0.419. The summed E-state index contributed by atoms with van der Waals surface area (Å²) in [5.74, 6) is 0. The third-order valence-electron chi connectivity index (χ3n) is 1.88. The van der Waals surface area contributed by atoms with Crippen molar-refractivity contribution in [1.29, 1.82) is 0 Å². The molecule has 2 heteroatoms. The second-order valence-electron chi connectivity index (χ2n) is 2.75. The molecule has 1 rings (SSSR count). The number of aliphatic hydroxyl groups excluding tert-OH is 1. The van der Waals surface area contributed by atoms with E-state index in [2.05, 4.69) is 0 Å². The fraction of sp³-hybridized carbons (Fsp3) is 0.400. The maximum absolute atomic E-state index is 9.39. The van der Waals surface area contributed by atoms with Crippen molar-refractivity contribution in [3.05, 3.63) is 30.3 Å². The van der Waals surface area contributed by atoms with Gasteiger partial charge >= 0.3 is 0 Å². The zero-order valence-electron chi connectivity index (χ0n) is 7.57. The van der Waals surface area contributed by atoms with Gasteiger partial charge in [-0.05, 0) is 26.0 Å². The molecule has 2 nitrogen and oxygen atoms in total. The van der Waals surface area contributed by atoms with Crippen LogP contribution in [0.5, 0.6) is 0 Å². The molecule has 12 heavy (non-hydrogen) atoms. The molecular formula is C10H15NO. The van der Waals surface area contributed by atoms with Gasteiger partial charge in [-0.2, -0.15) is 0 Å². The van der Waals surface area contributed by atoms with E-state index in [0.29, 0.717) is 0 Å². The molecule has 0 fully saturated rings. The molecule has 0 aliphatic carbocycles. The van der Waals surface area contributed by atoms with Crippen LogP contribution in [0.3, 0.4) is 0 Å². The number of anilines is 1. The van der Waals surface area contributed by atoms with Crippen molar-refractivity contribution in [3.8, 4) is 0 Å². The molecule has 1 unspecified atom stereocenters. The van der Waals surface area contributed by atoms with Crippen LogP contribution < -0.4 is 4.90 Å². The minimum absolute atomic E-state index is 0.419. The van der Waals surface area contributed by atoms with Crippen molar-refractivity contribution in [2.45, 2.75) is 20.1 Å². The zero-order chi connectivity index (χ0) is 8.97. The Labute approximate surface area is 73.4 Å². The Bertz CT molecular complexity index is 221. The van der Waals surface area contributed by atoms with Crippen LogP contribution in [0.15, 0.2) is 30.3 Å². The van der Waals surface area contributed by atoms with Gasteiger partial charge in [0.1, 0.15) is 6.23 Å². The summed E-state index contributed by atoms with van der Waals surface area (Å²) in [7, 11) is 0. The highest BCUT2D eigenvalue weighted by molar-refractivity contribution is 5.45. The number of hydrogen-bond acceptors (Lipinski definition) is 2. The molecule has 0 aliphatic rings. The number of benzene rings is 1. The normalized spacial score (nSPS) is 12.6. The first-order chi connectivity index (χ1) is 5.75. The Morgan fingerprint density at radius 2 is 1.92 bits per heavy atom. The Hall–Kier alpha value is -1.02. The SMILES string of the molecule is CCN(c1ccccc1)C(C)O. The summed E-state index contributed by atoms with van der Waals surface area (Å²) in [4.78, 5) is 1.93. The van der Waals surface area contributed by atoms with Gasteiger partial charge in [0, 0.05) is 12.2 Å². The summed E-state index contributed by atoms with van der Waals surface area (Å²) in [6.45, 7) is 4.62. The molecule has 66 valence electrons. The van der Waals surface area contributed by atoms with Crippen LogP contribution in [-0.2, 0) is 0 Å². The fourth-order valence-electron chi connectivity index (χ4n) is 1.28. The van der Waals surface area contributed by atoms with Gasteiger partial charge in [0.05, 0.1) is 0 Å². The van der Waals surface area contributed by atoms with Gasteiger partial charge in [-0.15, -0.1) is 0 Å². The van der Waals surface area contributed by atoms with Crippen LogP contribution in [0.2, 0.25) is 0 Å². The molecule has 0 spiro atoms. The van der Waals surface area contributed by atoms with Gasteiger partial charge in [-0.25, -0.2) is 0 Å². The molecule has 0 bridgehead atoms. The molecule has 0 amide bonds. The van der Waals surface area contributed by atoms with E-state index in [4.69, 9.17) is 0 Å². The van der Waals surface area contributed by atoms with Crippen LogP contribution in [-0.4, -0.2) is 17.9 Å². The molecule has 0 heterocycles. The Balaban J connectivity index is 2.80. The van der Waals surface area contributed by atoms with E-state index in [1.807, 2.05) is 42.2 Å². The summed E-state index contributed by atoms with van der Waals surface area (Å²) >= 11 is 0. The van der Waals surface area contributed by atoms with E-state index >= 15 is 0 Å². The van der Waals surface area contributed by atoms with E-state index in [1.165, 1.54) is 0 Å². The quantitative estimate of drug-likeness (QED) is 0.691. The number of nitrogens with zero attached hydrogens (tertiary/aromatic N) is 1. The van der Waals surface area contributed by atoms with Crippen LogP contribution in [0.25, 0.3) is 0 Å². The summed E-state index contributed by atoms with van der Waals surface area (Å²) in [6, 6.07) is 9.91. The predicted molar refractivity (Wildman–Crippen MR) is 51.1 cm³/mol. The lowest BCUT2D eigenvalue weighted by atomic mass is 10.3. The largest absolute Gasteiger partial charge is 0.374 e. The van der Waals surface area contributed by atoms with Crippen molar-refractivity contribution >= 4 is 5.69 Å². The van der Waals surface area contributed by atoms with Gasteiger partial charge in [0.25, 0.3) is 0 Å². The van der Waals surface area contributed by atoms with Gasteiger partial charge in [0.2, 0.25) is 0 Å². The van der Waals surface area contributed by atoms with Crippen LogP contribution in [0.1, 0.15) is 13.8 Å². The number of aliphatic hydroxyl groups is 1. The molecular weight excluding hydrogens is 150 g/mol. The third-order valence-corrected chi connectivity index (χ3v) is 1.88. The maximum atomic E-state index is 9.39. The molecule has 1 atom stereocenters. The molecule has 0 saturated heterocycles. The van der Waals surface area contributed by atoms with Crippen LogP contribution >= 0.6 is 0 Å². The first-order valence-electron chi connectivity index (χ1n) is 4.25. The van der Waals surface area contributed by atoms with E-state index in [9.17, 15) is 5.11 Å². The summed E-state index contributed by atoms with van der Waals surface area (Å²) < 4.78 is 0. The van der Waals surface area contributed by atoms with Crippen molar-refractivity contribution in [3.63, 3.8) is 0 Å². The lowest BCUT2D eigenvalue weighted by molar-refractivity contribution is 0.190. The molecule has 1 aromatic carbocycles. The third kappa shape index (κ3) is 1.98. The first-order valence-corrected chi connectivity index (χ1v) is 4.25. The van der Waals surface area contributed by atoms with Gasteiger partial charge in [-0.1, -0.05) is 18.2 Å². The monoisotopic (exact) mass is 165 g/mol. The first kappa shape index (κ1) is 9.07. The van der Waals surface area contributed by atoms with Crippen LogP contribution in [0, 0.1) is 0 Å². The Morgan fingerprint density at radius 3 is 2.33 bits per heavy atom. The summed E-state index contributed by atoms with van der Waals surface area (Å²) in [6.07, 6.45) is -0.419. The van der Waals surface area contributed by atoms with Crippen molar-refractivity contribution < 1.29 is 5.11 Å². The molecule has 0 saturated carbocycles. The molecule has 1 aromatic rings. The summed E-state index contributed by atoms with van der Waals surface area (Å²) in [5, 5.41) is 9.39. The van der Waals surface area contributed by atoms with E-state index in [1.54, 1.807) is 6.92 Å². The number of hydrogen-bond donors (Lipinski definition) is 1. The molecule has 1 N–H and O–H groups in total. The molecule has 0 aliphatic heterocycles. The van der Waals surface area contributed by atoms with Gasteiger partial charge < -0.3 is 10.0 Å². The number of para-hydroxylation sites is 1. The van der Waals surface area contributed by atoms with Crippen molar-refractivity contribution in [2.75, 3.05) is 11.4 Å². The minimum Gasteiger partial charge on any atom is -0.374 e. The van der Waals surface area contributed by atoms with Crippen LogP contribution in [0.4, 0.5) is 5.69 Å². The predicted octanol–water partition coefficient (Wildman–Crippen LogP) is 1.85. The Morgan fingerprint density at radius 1 is 1.33 bits per heavy atom. The smallest absolute Gasteiger partial charge is 0.124 e. The van der Waals surface area contributed by atoms with Crippen molar-refractivity contribution in [2.24, 2.45) is 0 Å². The maximum Gasteiger partial charge on any atom is 0.124 e. The topological polar surface area (TPSA) is 23.5 Å². The lowest BCUT2D eigenvalue weighted by Gasteiger charge is -2.25. The standard InChI is InChI=1S/C10H15NO/c1-3-11(9(2)12)10-7-5-4-6-8-10/h4-9,12H,3H2,1-2H3. The van der Waals surface area contributed by atoms with E-state index in [0.717, 1.165) is 12.2 Å². The highest BCUT2D eigenvalue weighted by Crippen LogP contribution is 2.14. The van der Waals surface area contributed by atoms with E-state index in [-0.39, 0.29) is 0 Å². The van der Waals surface area contributed by atoms with Gasteiger partial charge in [0.15, 0.2) is 0 Å². The summed E-state index contributed by atoms with van der Waals surface area (Å²) in [5.41, 5.74) is 1.06. The second kappa shape index (κ2) is 4.12.